The zero-order chi connectivity index (χ0) is 21.1. The van der Waals surface area contributed by atoms with Crippen LogP contribution in [-0.4, -0.2) is 22.9 Å². The SMILES string of the molecule is Cc1cccc(CN2CCCN(Cc3ccc(F)cc3)C2c2c(Cl)cccc2Cl)c1. The van der Waals surface area contributed by atoms with Gasteiger partial charge in [-0.05, 0) is 48.7 Å². The second-order valence-electron chi connectivity index (χ2n) is 7.92. The normalized spacial score (nSPS) is 17.9. The molecule has 0 spiro atoms. The average Bonchev–Trinajstić information content (AvgIpc) is 2.71. The number of hydrogen-bond acceptors (Lipinski definition) is 2. The predicted octanol–water partition coefficient (Wildman–Crippen LogP) is 6.85. The van der Waals surface area contributed by atoms with Crippen LogP contribution in [0.25, 0.3) is 0 Å². The Balaban J connectivity index is 1.70. The zero-order valence-electron chi connectivity index (χ0n) is 17.0. The third kappa shape index (κ3) is 4.87. The van der Waals surface area contributed by atoms with E-state index in [1.165, 1.54) is 23.3 Å². The molecule has 3 aromatic rings. The van der Waals surface area contributed by atoms with Crippen LogP contribution in [-0.2, 0) is 13.1 Å². The summed E-state index contributed by atoms with van der Waals surface area (Å²) in [6.45, 7) is 5.52. The molecule has 0 N–H and O–H groups in total. The van der Waals surface area contributed by atoms with E-state index in [1.807, 2.05) is 30.3 Å². The van der Waals surface area contributed by atoms with Gasteiger partial charge in [0.25, 0.3) is 0 Å². The van der Waals surface area contributed by atoms with Crippen molar-refractivity contribution < 1.29 is 4.39 Å². The van der Waals surface area contributed by atoms with E-state index in [9.17, 15) is 4.39 Å². The molecule has 1 atom stereocenters. The van der Waals surface area contributed by atoms with Gasteiger partial charge in [0.1, 0.15) is 5.82 Å². The van der Waals surface area contributed by atoms with Crippen molar-refractivity contribution in [3.05, 3.63) is 105 Å². The van der Waals surface area contributed by atoms with Crippen molar-refractivity contribution in [2.45, 2.75) is 32.6 Å². The molecule has 0 amide bonds. The maximum atomic E-state index is 13.4. The van der Waals surface area contributed by atoms with Crippen molar-refractivity contribution in [3.8, 4) is 0 Å². The molecule has 156 valence electrons. The molecule has 0 radical (unpaired) electrons. The molecule has 5 heteroatoms. The molecule has 1 heterocycles. The van der Waals surface area contributed by atoms with Gasteiger partial charge in [-0.3, -0.25) is 9.80 Å². The molecule has 0 bridgehead atoms. The fraction of sp³-hybridized carbons (Fsp3) is 0.280. The maximum absolute atomic E-state index is 13.4. The van der Waals surface area contributed by atoms with E-state index >= 15 is 0 Å². The summed E-state index contributed by atoms with van der Waals surface area (Å²) in [5, 5.41) is 1.35. The molecular weight excluding hydrogens is 418 g/mol. The minimum absolute atomic E-state index is 0.0504. The van der Waals surface area contributed by atoms with E-state index in [4.69, 9.17) is 23.2 Å². The Morgan fingerprint density at radius 1 is 0.833 bits per heavy atom. The Bertz CT molecular complexity index is 986. The molecular formula is C25H25Cl2FN2. The van der Waals surface area contributed by atoms with Crippen LogP contribution in [0.2, 0.25) is 10.0 Å². The van der Waals surface area contributed by atoms with Crippen LogP contribution in [0.3, 0.4) is 0 Å². The molecule has 1 aliphatic rings. The summed E-state index contributed by atoms with van der Waals surface area (Å²) in [5.74, 6) is -0.218. The first kappa shape index (κ1) is 21.3. The molecule has 1 saturated heterocycles. The highest BCUT2D eigenvalue weighted by Gasteiger charge is 2.33. The Hall–Kier alpha value is -1.91. The summed E-state index contributed by atoms with van der Waals surface area (Å²) in [7, 11) is 0. The molecule has 2 nitrogen and oxygen atoms in total. The van der Waals surface area contributed by atoms with Crippen LogP contribution in [0.15, 0.2) is 66.7 Å². The van der Waals surface area contributed by atoms with Gasteiger partial charge < -0.3 is 0 Å². The number of halogens is 3. The van der Waals surface area contributed by atoms with E-state index < -0.39 is 0 Å². The lowest BCUT2D eigenvalue weighted by molar-refractivity contribution is -0.00898. The number of benzene rings is 3. The Labute approximate surface area is 187 Å². The quantitative estimate of drug-likeness (QED) is 0.426. The lowest BCUT2D eigenvalue weighted by Gasteiger charge is -2.45. The fourth-order valence-electron chi connectivity index (χ4n) is 4.28. The standard InChI is InChI=1S/C25H25Cl2FN2/c1-18-5-2-6-20(15-18)17-30-14-4-13-29(16-19-9-11-21(28)12-10-19)25(30)24-22(26)7-3-8-23(24)27/h2-3,5-12,15,25H,4,13-14,16-17H2,1H3. The van der Waals surface area contributed by atoms with E-state index in [0.29, 0.717) is 16.6 Å². The molecule has 4 rings (SSSR count). The van der Waals surface area contributed by atoms with Crippen LogP contribution in [0.1, 0.15) is 34.8 Å². The first-order chi connectivity index (χ1) is 14.5. The van der Waals surface area contributed by atoms with Gasteiger partial charge in [-0.25, -0.2) is 4.39 Å². The Morgan fingerprint density at radius 2 is 1.43 bits per heavy atom. The summed E-state index contributed by atoms with van der Waals surface area (Å²) in [6, 6.07) is 21.0. The minimum atomic E-state index is -0.218. The highest BCUT2D eigenvalue weighted by Crippen LogP contribution is 2.39. The lowest BCUT2D eigenvalue weighted by atomic mass is 10.0. The van der Waals surface area contributed by atoms with Gasteiger partial charge >= 0.3 is 0 Å². The van der Waals surface area contributed by atoms with Crippen molar-refractivity contribution in [3.63, 3.8) is 0 Å². The maximum Gasteiger partial charge on any atom is 0.123 e. The van der Waals surface area contributed by atoms with Gasteiger partial charge in [0, 0.05) is 41.8 Å². The van der Waals surface area contributed by atoms with Gasteiger partial charge in [0.15, 0.2) is 0 Å². The van der Waals surface area contributed by atoms with Gasteiger partial charge in [-0.2, -0.15) is 0 Å². The second kappa shape index (κ2) is 9.49. The van der Waals surface area contributed by atoms with Crippen molar-refractivity contribution in [2.75, 3.05) is 13.1 Å². The average molecular weight is 443 g/mol. The smallest absolute Gasteiger partial charge is 0.123 e. The summed E-state index contributed by atoms with van der Waals surface area (Å²) in [5.41, 5.74) is 4.53. The topological polar surface area (TPSA) is 6.48 Å². The van der Waals surface area contributed by atoms with E-state index in [0.717, 1.165) is 37.2 Å². The van der Waals surface area contributed by atoms with Crippen molar-refractivity contribution in [1.82, 2.24) is 9.80 Å². The van der Waals surface area contributed by atoms with E-state index in [-0.39, 0.29) is 12.0 Å². The molecule has 0 aromatic heterocycles. The van der Waals surface area contributed by atoms with Gasteiger partial charge in [-0.1, -0.05) is 71.2 Å². The fourth-order valence-corrected chi connectivity index (χ4v) is 4.87. The first-order valence-electron chi connectivity index (χ1n) is 10.2. The first-order valence-corrected chi connectivity index (χ1v) is 11.0. The second-order valence-corrected chi connectivity index (χ2v) is 8.73. The number of hydrogen-bond donors (Lipinski definition) is 0. The van der Waals surface area contributed by atoms with Gasteiger partial charge in [0.2, 0.25) is 0 Å². The van der Waals surface area contributed by atoms with Crippen molar-refractivity contribution in [2.24, 2.45) is 0 Å². The Morgan fingerprint density at radius 3 is 2.07 bits per heavy atom. The largest absolute Gasteiger partial charge is 0.280 e. The number of aryl methyl sites for hydroxylation is 1. The van der Waals surface area contributed by atoms with Crippen LogP contribution < -0.4 is 0 Å². The Kier molecular flexibility index (Phi) is 6.74. The monoisotopic (exact) mass is 442 g/mol. The highest BCUT2D eigenvalue weighted by atomic mass is 35.5. The molecule has 0 saturated carbocycles. The van der Waals surface area contributed by atoms with E-state index in [2.05, 4.69) is 41.0 Å². The van der Waals surface area contributed by atoms with Crippen LogP contribution >= 0.6 is 23.2 Å². The lowest BCUT2D eigenvalue weighted by Crippen LogP contribution is -2.47. The third-order valence-corrected chi connectivity index (χ3v) is 6.27. The molecule has 1 unspecified atom stereocenters. The molecule has 0 aliphatic carbocycles. The zero-order valence-corrected chi connectivity index (χ0v) is 18.5. The summed E-state index contributed by atoms with van der Waals surface area (Å²) in [4.78, 5) is 4.83. The van der Waals surface area contributed by atoms with Crippen molar-refractivity contribution >= 4 is 23.2 Å². The summed E-state index contributed by atoms with van der Waals surface area (Å²) in [6.07, 6.45) is 0.997. The van der Waals surface area contributed by atoms with Crippen molar-refractivity contribution in [1.29, 1.82) is 0 Å². The predicted molar refractivity (Wildman–Crippen MR) is 122 cm³/mol. The molecule has 30 heavy (non-hydrogen) atoms. The van der Waals surface area contributed by atoms with Crippen LogP contribution in [0.4, 0.5) is 4.39 Å². The highest BCUT2D eigenvalue weighted by molar-refractivity contribution is 6.36. The summed E-state index contributed by atoms with van der Waals surface area (Å²) >= 11 is 13.3. The molecule has 1 aliphatic heterocycles. The van der Waals surface area contributed by atoms with Gasteiger partial charge in [0.05, 0.1) is 6.17 Å². The van der Waals surface area contributed by atoms with Crippen LogP contribution in [0, 0.1) is 12.7 Å². The van der Waals surface area contributed by atoms with Gasteiger partial charge in [-0.15, -0.1) is 0 Å². The molecule has 1 fully saturated rings. The number of rotatable bonds is 5. The minimum Gasteiger partial charge on any atom is -0.280 e. The summed E-state index contributed by atoms with van der Waals surface area (Å²) < 4.78 is 13.4. The third-order valence-electron chi connectivity index (χ3n) is 5.61. The van der Waals surface area contributed by atoms with Crippen LogP contribution in [0.5, 0.6) is 0 Å². The number of nitrogens with zero attached hydrogens (tertiary/aromatic N) is 2. The molecule has 3 aromatic carbocycles. The van der Waals surface area contributed by atoms with E-state index in [1.54, 1.807) is 0 Å².